The van der Waals surface area contributed by atoms with Gasteiger partial charge < -0.3 is 10.2 Å². The molecule has 21 heavy (non-hydrogen) atoms. The smallest absolute Gasteiger partial charge is 0.321 e. The van der Waals surface area contributed by atoms with Crippen molar-refractivity contribution in [3.63, 3.8) is 0 Å². The zero-order valence-electron chi connectivity index (χ0n) is 13.3. The lowest BCUT2D eigenvalue weighted by Gasteiger charge is -2.27. The summed E-state index contributed by atoms with van der Waals surface area (Å²) in [5.74, 6) is 0.624. The Labute approximate surface area is 135 Å². The molecular weight excluding hydrogens is 328 g/mol. The van der Waals surface area contributed by atoms with Gasteiger partial charge in [-0.25, -0.2) is 4.79 Å². The first-order chi connectivity index (χ1) is 9.66. The molecule has 3 nitrogen and oxygen atoms in total. The predicted molar refractivity (Wildman–Crippen MR) is 89.6 cm³/mol. The van der Waals surface area contributed by atoms with Crippen LogP contribution in [0, 0.1) is 16.7 Å². The molecule has 1 N–H and O–H groups in total. The van der Waals surface area contributed by atoms with Crippen molar-refractivity contribution in [3.05, 3.63) is 29.3 Å². The number of hydrogen-bond donors (Lipinski definition) is 1. The van der Waals surface area contributed by atoms with Crippen LogP contribution >= 0.6 is 15.9 Å². The van der Waals surface area contributed by atoms with Crippen LogP contribution in [-0.2, 0) is 6.54 Å². The topological polar surface area (TPSA) is 32.3 Å². The fourth-order valence-corrected chi connectivity index (χ4v) is 5.35. The average molecular weight is 351 g/mol. The molecular formula is C17H23BrN2O. The summed E-state index contributed by atoms with van der Waals surface area (Å²) in [6, 6.07) is 6.37. The van der Waals surface area contributed by atoms with Crippen LogP contribution in [-0.4, -0.2) is 18.0 Å². The molecule has 0 bridgehead atoms. The summed E-state index contributed by atoms with van der Waals surface area (Å²) in [7, 11) is 1.82. The Morgan fingerprint density at radius 3 is 2.48 bits per heavy atom. The van der Waals surface area contributed by atoms with E-state index in [0.717, 1.165) is 5.69 Å². The van der Waals surface area contributed by atoms with Gasteiger partial charge in [-0.3, -0.25) is 0 Å². The molecule has 114 valence electrons. The number of benzene rings is 1. The number of hydrogen-bond acceptors (Lipinski definition) is 1. The van der Waals surface area contributed by atoms with Gasteiger partial charge in [0.1, 0.15) is 0 Å². The summed E-state index contributed by atoms with van der Waals surface area (Å²) < 4.78 is 0. The number of rotatable bonds is 2. The van der Waals surface area contributed by atoms with E-state index in [-0.39, 0.29) is 6.03 Å². The lowest BCUT2D eigenvalue weighted by Crippen LogP contribution is -2.35. The first-order valence-corrected chi connectivity index (χ1v) is 8.37. The number of nitrogens with zero attached hydrogens (tertiary/aromatic N) is 1. The van der Waals surface area contributed by atoms with E-state index in [4.69, 9.17) is 0 Å². The number of anilines is 1. The van der Waals surface area contributed by atoms with E-state index in [2.05, 4.69) is 61.1 Å². The van der Waals surface area contributed by atoms with Crippen LogP contribution in [0.5, 0.6) is 0 Å². The van der Waals surface area contributed by atoms with Crippen LogP contribution in [0.3, 0.4) is 0 Å². The fourth-order valence-electron chi connectivity index (χ4n) is 3.75. The van der Waals surface area contributed by atoms with Crippen molar-refractivity contribution in [1.29, 1.82) is 0 Å². The van der Waals surface area contributed by atoms with Gasteiger partial charge in [-0.2, -0.15) is 0 Å². The Morgan fingerprint density at radius 2 is 1.90 bits per heavy atom. The lowest BCUT2D eigenvalue weighted by atomic mass is 9.99. The van der Waals surface area contributed by atoms with Crippen molar-refractivity contribution in [2.75, 3.05) is 12.4 Å². The fraction of sp³-hybridized carbons (Fsp3) is 0.588. The van der Waals surface area contributed by atoms with Crippen LogP contribution in [0.4, 0.5) is 10.5 Å². The average Bonchev–Trinajstić information content (AvgIpc) is 2.80. The lowest BCUT2D eigenvalue weighted by molar-refractivity contribution is 0.218. The molecule has 1 unspecified atom stereocenters. The molecule has 2 aliphatic rings. The van der Waals surface area contributed by atoms with E-state index in [1.54, 1.807) is 4.90 Å². The number of amides is 2. The van der Waals surface area contributed by atoms with Gasteiger partial charge in [0.05, 0.1) is 0 Å². The van der Waals surface area contributed by atoms with E-state index < -0.39 is 0 Å². The maximum atomic E-state index is 11.7. The molecule has 1 saturated carbocycles. The van der Waals surface area contributed by atoms with Crippen molar-refractivity contribution in [1.82, 2.24) is 4.90 Å². The van der Waals surface area contributed by atoms with Crippen LogP contribution < -0.4 is 5.32 Å². The van der Waals surface area contributed by atoms with E-state index in [0.29, 0.717) is 28.1 Å². The minimum Gasteiger partial charge on any atom is -0.323 e. The van der Waals surface area contributed by atoms with Gasteiger partial charge in [-0.1, -0.05) is 55.8 Å². The molecule has 0 aromatic heterocycles. The highest BCUT2D eigenvalue weighted by molar-refractivity contribution is 9.09. The van der Waals surface area contributed by atoms with Gasteiger partial charge in [0, 0.05) is 24.1 Å². The molecule has 1 aromatic rings. The monoisotopic (exact) mass is 350 g/mol. The Kier molecular flexibility index (Phi) is 3.18. The molecule has 3 rings (SSSR count). The summed E-state index contributed by atoms with van der Waals surface area (Å²) in [5.41, 5.74) is 4.14. The van der Waals surface area contributed by atoms with Crippen molar-refractivity contribution in [2.45, 2.75) is 39.1 Å². The molecule has 0 saturated heterocycles. The Morgan fingerprint density at radius 1 is 1.29 bits per heavy atom. The van der Waals surface area contributed by atoms with Crippen LogP contribution in [0.15, 0.2) is 18.2 Å². The van der Waals surface area contributed by atoms with Gasteiger partial charge in [-0.05, 0) is 33.9 Å². The van der Waals surface area contributed by atoms with Crippen LogP contribution in [0.1, 0.15) is 43.6 Å². The van der Waals surface area contributed by atoms with E-state index in [1.165, 1.54) is 11.1 Å². The molecule has 1 aliphatic carbocycles. The van der Waals surface area contributed by atoms with Crippen molar-refractivity contribution in [2.24, 2.45) is 16.7 Å². The summed E-state index contributed by atoms with van der Waals surface area (Å²) in [4.78, 5) is 13.7. The van der Waals surface area contributed by atoms with Gasteiger partial charge in [0.25, 0.3) is 0 Å². The summed E-state index contributed by atoms with van der Waals surface area (Å²) in [5, 5.41) is 2.92. The number of urea groups is 1. The molecule has 4 heteroatoms. The highest BCUT2D eigenvalue weighted by atomic mass is 79.9. The predicted octanol–water partition coefficient (Wildman–Crippen LogP) is 4.78. The zero-order chi connectivity index (χ0) is 15.6. The molecule has 0 spiro atoms. The quantitative estimate of drug-likeness (QED) is 0.764. The van der Waals surface area contributed by atoms with Crippen molar-refractivity contribution < 1.29 is 4.79 Å². The molecule has 1 fully saturated rings. The van der Waals surface area contributed by atoms with Crippen LogP contribution in [0.25, 0.3) is 0 Å². The zero-order valence-corrected chi connectivity index (χ0v) is 14.9. The summed E-state index contributed by atoms with van der Waals surface area (Å²) in [6.07, 6.45) is 0. The van der Waals surface area contributed by atoms with Crippen molar-refractivity contribution in [3.8, 4) is 0 Å². The Hall–Kier alpha value is -1.03. The number of nitrogens with one attached hydrogen (secondary N) is 1. The standard InChI is InChI=1S/C17H23BrN2O/c1-16(2)14(17(16,3)4)13(18)10-6-7-12-11(8-10)9-20(5)15(21)19-12/h6-8,13-14H,9H2,1-5H3,(H,19,21). The molecule has 1 aromatic carbocycles. The number of halogens is 1. The van der Waals surface area contributed by atoms with Gasteiger partial charge in [-0.15, -0.1) is 0 Å². The van der Waals surface area contributed by atoms with E-state index >= 15 is 0 Å². The molecule has 1 heterocycles. The molecule has 1 aliphatic heterocycles. The Balaban J connectivity index is 1.89. The molecule has 0 radical (unpaired) electrons. The minimum absolute atomic E-state index is 0.0323. The maximum absolute atomic E-state index is 11.7. The highest BCUT2D eigenvalue weighted by Gasteiger charge is 2.66. The first-order valence-electron chi connectivity index (χ1n) is 7.45. The normalized spacial score (nSPS) is 24.3. The first kappa shape index (κ1) is 14.9. The third kappa shape index (κ3) is 2.10. The number of fused-ring (bicyclic) bond motifs is 1. The summed E-state index contributed by atoms with van der Waals surface area (Å²) in [6.45, 7) is 10.1. The van der Waals surface area contributed by atoms with E-state index in [9.17, 15) is 4.79 Å². The maximum Gasteiger partial charge on any atom is 0.321 e. The largest absolute Gasteiger partial charge is 0.323 e. The number of carbonyl (C=O) groups excluding carboxylic acids is 1. The highest BCUT2D eigenvalue weighted by Crippen LogP contribution is 2.74. The van der Waals surface area contributed by atoms with Gasteiger partial charge >= 0.3 is 6.03 Å². The third-order valence-corrected chi connectivity index (χ3v) is 6.93. The second kappa shape index (κ2) is 4.48. The SMILES string of the molecule is CN1Cc2cc(C(Br)C3C(C)(C)C3(C)C)ccc2NC1=O. The number of carbonyl (C=O) groups is 1. The van der Waals surface area contributed by atoms with Crippen LogP contribution in [0.2, 0.25) is 0 Å². The second-order valence-electron chi connectivity index (χ2n) is 7.53. The van der Waals surface area contributed by atoms with Gasteiger partial charge in [0.2, 0.25) is 0 Å². The minimum atomic E-state index is -0.0323. The third-order valence-electron chi connectivity index (χ3n) is 5.87. The molecule has 2 amide bonds. The summed E-state index contributed by atoms with van der Waals surface area (Å²) >= 11 is 3.92. The Bertz CT molecular complexity index is 595. The van der Waals surface area contributed by atoms with Crippen molar-refractivity contribution >= 4 is 27.6 Å². The van der Waals surface area contributed by atoms with Gasteiger partial charge in [0.15, 0.2) is 0 Å². The van der Waals surface area contributed by atoms with E-state index in [1.807, 2.05) is 13.1 Å². The number of alkyl halides is 1. The second-order valence-corrected chi connectivity index (χ2v) is 8.51. The molecule has 1 atom stereocenters.